The second kappa shape index (κ2) is 9.40. The Bertz CT molecular complexity index is 811. The van der Waals surface area contributed by atoms with Gasteiger partial charge >= 0.3 is 6.09 Å². The number of hydrogen-bond donors (Lipinski definition) is 0. The maximum Gasteiger partial charge on any atom is 0.410 e. The molecule has 0 aliphatic carbocycles. The highest BCUT2D eigenvalue weighted by atomic mass is 16.6. The average molecular weight is 381 g/mol. The summed E-state index contributed by atoms with van der Waals surface area (Å²) in [6.45, 7) is 5.68. The van der Waals surface area contributed by atoms with Crippen molar-refractivity contribution in [3.63, 3.8) is 0 Å². The first-order chi connectivity index (χ1) is 13.5. The van der Waals surface area contributed by atoms with Gasteiger partial charge in [-0.05, 0) is 49.8 Å². The van der Waals surface area contributed by atoms with Gasteiger partial charge in [-0.15, -0.1) is 0 Å². The lowest BCUT2D eigenvalue weighted by atomic mass is 9.98. The van der Waals surface area contributed by atoms with Crippen LogP contribution < -0.4 is 4.74 Å². The van der Waals surface area contributed by atoms with Gasteiger partial charge in [-0.3, -0.25) is 4.79 Å². The lowest BCUT2D eigenvalue weighted by molar-refractivity contribution is 0.0757. The average Bonchev–Trinajstić information content (AvgIpc) is 2.72. The number of benzene rings is 2. The highest BCUT2D eigenvalue weighted by Gasteiger charge is 2.24. The van der Waals surface area contributed by atoms with Crippen LogP contribution in [0.5, 0.6) is 5.75 Å². The minimum atomic E-state index is -0.263. The number of carbonyl (C=O) groups excluding carboxylic acids is 2. The van der Waals surface area contributed by atoms with Gasteiger partial charge < -0.3 is 14.4 Å². The fraction of sp³-hybridized carbons (Fsp3) is 0.391. The molecule has 0 N–H and O–H groups in total. The van der Waals surface area contributed by atoms with Gasteiger partial charge in [0.15, 0.2) is 5.78 Å². The molecule has 2 aromatic carbocycles. The molecule has 148 valence electrons. The molecule has 28 heavy (non-hydrogen) atoms. The number of ketones is 1. The summed E-state index contributed by atoms with van der Waals surface area (Å²) in [5.41, 5.74) is 2.58. The molecule has 0 saturated carbocycles. The predicted octanol–water partition coefficient (Wildman–Crippen LogP) is 4.63. The number of Topliss-reactive ketones (excluding diaryl/α,β-unsaturated/α-hetero) is 1. The van der Waals surface area contributed by atoms with Crippen molar-refractivity contribution < 1.29 is 19.1 Å². The summed E-state index contributed by atoms with van der Waals surface area (Å²) < 4.78 is 11.4. The Morgan fingerprint density at radius 2 is 1.75 bits per heavy atom. The molecule has 5 nitrogen and oxygen atoms in total. The van der Waals surface area contributed by atoms with Gasteiger partial charge in [0.2, 0.25) is 0 Å². The Hall–Kier alpha value is -2.82. The van der Waals surface area contributed by atoms with Crippen LogP contribution in [-0.2, 0) is 11.3 Å². The van der Waals surface area contributed by atoms with Crippen LogP contribution in [0.3, 0.4) is 0 Å². The third-order valence-corrected chi connectivity index (χ3v) is 5.13. The van der Waals surface area contributed by atoms with Gasteiger partial charge in [-0.1, -0.05) is 42.5 Å². The fourth-order valence-corrected chi connectivity index (χ4v) is 3.42. The topological polar surface area (TPSA) is 55.8 Å². The number of hydrogen-bond acceptors (Lipinski definition) is 4. The van der Waals surface area contributed by atoms with Crippen molar-refractivity contribution in [1.82, 2.24) is 4.90 Å². The highest BCUT2D eigenvalue weighted by Crippen LogP contribution is 2.26. The number of piperidine rings is 1. The summed E-state index contributed by atoms with van der Waals surface area (Å²) in [7, 11) is 0. The van der Waals surface area contributed by atoms with Crippen LogP contribution >= 0.6 is 0 Å². The summed E-state index contributed by atoms with van der Waals surface area (Å²) >= 11 is 0. The van der Waals surface area contributed by atoms with Gasteiger partial charge in [0.1, 0.15) is 12.4 Å². The monoisotopic (exact) mass is 381 g/mol. The molecular formula is C23H27NO4. The number of likely N-dealkylation sites (tertiary alicyclic amines) is 1. The van der Waals surface area contributed by atoms with E-state index in [0.717, 1.165) is 24.0 Å². The van der Waals surface area contributed by atoms with E-state index in [1.807, 2.05) is 49.4 Å². The summed E-state index contributed by atoms with van der Waals surface area (Å²) in [6.07, 6.45) is 1.46. The third-order valence-electron chi connectivity index (χ3n) is 5.13. The van der Waals surface area contributed by atoms with E-state index in [4.69, 9.17) is 9.47 Å². The van der Waals surface area contributed by atoms with Gasteiger partial charge in [-0.25, -0.2) is 4.79 Å². The molecule has 2 aromatic rings. The standard InChI is InChI=1S/C23H27NO4/c1-17-7-6-10-21(18(2)25)22(17)27-15-20-11-13-24(14-12-20)23(26)28-16-19-8-4-3-5-9-19/h3-10,20H,11-16H2,1-2H3. The number of carbonyl (C=O) groups is 2. The first kappa shape index (κ1) is 19.9. The molecule has 1 fully saturated rings. The zero-order chi connectivity index (χ0) is 19.9. The van der Waals surface area contributed by atoms with Crippen LogP contribution in [0.1, 0.15) is 41.3 Å². The molecule has 5 heteroatoms. The minimum absolute atomic E-state index is 0.00896. The number of rotatable bonds is 6. The quantitative estimate of drug-likeness (QED) is 0.685. The van der Waals surface area contributed by atoms with Crippen molar-refractivity contribution in [3.8, 4) is 5.75 Å². The second-order valence-corrected chi connectivity index (χ2v) is 7.29. The molecule has 1 saturated heterocycles. The Balaban J connectivity index is 1.46. The van der Waals surface area contributed by atoms with Gasteiger partial charge in [0.05, 0.1) is 12.2 Å². The number of aryl methyl sites for hydroxylation is 1. The molecule has 1 aliphatic rings. The molecule has 1 aliphatic heterocycles. The van der Waals surface area contributed by atoms with E-state index in [0.29, 0.717) is 43.5 Å². The van der Waals surface area contributed by atoms with E-state index in [1.54, 1.807) is 17.9 Å². The van der Waals surface area contributed by atoms with Crippen LogP contribution in [0.2, 0.25) is 0 Å². The molecule has 0 radical (unpaired) electrons. The van der Waals surface area contributed by atoms with Crippen molar-refractivity contribution in [1.29, 1.82) is 0 Å². The van der Waals surface area contributed by atoms with Crippen molar-refractivity contribution in [2.24, 2.45) is 5.92 Å². The van der Waals surface area contributed by atoms with Crippen LogP contribution in [0.4, 0.5) is 4.79 Å². The largest absolute Gasteiger partial charge is 0.492 e. The van der Waals surface area contributed by atoms with Crippen molar-refractivity contribution in [3.05, 3.63) is 65.2 Å². The molecular weight excluding hydrogens is 354 g/mol. The Kier molecular flexibility index (Phi) is 6.69. The Labute approximate surface area is 166 Å². The molecule has 0 bridgehead atoms. The number of nitrogens with zero attached hydrogens (tertiary/aromatic N) is 1. The summed E-state index contributed by atoms with van der Waals surface area (Å²) in [6, 6.07) is 15.3. The minimum Gasteiger partial charge on any atom is -0.492 e. The Morgan fingerprint density at radius 3 is 2.43 bits per heavy atom. The second-order valence-electron chi connectivity index (χ2n) is 7.29. The lowest BCUT2D eigenvalue weighted by Crippen LogP contribution is -2.40. The van der Waals surface area contributed by atoms with Crippen LogP contribution in [0, 0.1) is 12.8 Å². The smallest absolute Gasteiger partial charge is 0.410 e. The number of amides is 1. The maximum atomic E-state index is 12.3. The van der Waals surface area contributed by atoms with Crippen molar-refractivity contribution in [2.45, 2.75) is 33.3 Å². The van der Waals surface area contributed by atoms with Crippen LogP contribution in [0.15, 0.2) is 48.5 Å². The predicted molar refractivity (Wildman–Crippen MR) is 108 cm³/mol. The normalized spacial score (nSPS) is 14.6. The van der Waals surface area contributed by atoms with E-state index in [9.17, 15) is 9.59 Å². The van der Waals surface area contributed by atoms with Gasteiger partial charge in [0.25, 0.3) is 0 Å². The van der Waals surface area contributed by atoms with Gasteiger partial charge in [0, 0.05) is 13.1 Å². The molecule has 3 rings (SSSR count). The molecule has 0 aromatic heterocycles. The van der Waals surface area contributed by atoms with Crippen molar-refractivity contribution >= 4 is 11.9 Å². The van der Waals surface area contributed by atoms with E-state index in [-0.39, 0.29) is 11.9 Å². The van der Waals surface area contributed by atoms with E-state index in [2.05, 4.69) is 0 Å². The molecule has 1 heterocycles. The van der Waals surface area contributed by atoms with Gasteiger partial charge in [-0.2, -0.15) is 0 Å². The fourth-order valence-electron chi connectivity index (χ4n) is 3.42. The SMILES string of the molecule is CC(=O)c1cccc(C)c1OCC1CCN(C(=O)OCc2ccccc2)CC1. The first-order valence-corrected chi connectivity index (χ1v) is 9.73. The zero-order valence-corrected chi connectivity index (χ0v) is 16.5. The summed E-state index contributed by atoms with van der Waals surface area (Å²) in [5.74, 6) is 1.05. The highest BCUT2D eigenvalue weighted by molar-refractivity contribution is 5.97. The number of para-hydroxylation sites is 1. The molecule has 1 amide bonds. The Morgan fingerprint density at radius 1 is 1.04 bits per heavy atom. The van der Waals surface area contributed by atoms with E-state index >= 15 is 0 Å². The summed E-state index contributed by atoms with van der Waals surface area (Å²) in [4.78, 5) is 25.8. The van der Waals surface area contributed by atoms with Crippen LogP contribution in [0.25, 0.3) is 0 Å². The molecule has 0 atom stereocenters. The molecule has 0 unspecified atom stereocenters. The number of ether oxygens (including phenoxy) is 2. The first-order valence-electron chi connectivity index (χ1n) is 9.73. The maximum absolute atomic E-state index is 12.3. The lowest BCUT2D eigenvalue weighted by Gasteiger charge is -2.31. The zero-order valence-electron chi connectivity index (χ0n) is 16.5. The van der Waals surface area contributed by atoms with Crippen molar-refractivity contribution in [2.75, 3.05) is 19.7 Å². The van der Waals surface area contributed by atoms with E-state index in [1.165, 1.54) is 0 Å². The third kappa shape index (κ3) is 5.12. The van der Waals surface area contributed by atoms with Crippen LogP contribution in [-0.4, -0.2) is 36.5 Å². The van der Waals surface area contributed by atoms with E-state index < -0.39 is 0 Å². The summed E-state index contributed by atoms with van der Waals surface area (Å²) in [5, 5.41) is 0. The molecule has 0 spiro atoms.